The van der Waals surface area contributed by atoms with Gasteiger partial charge in [-0.2, -0.15) is 0 Å². The van der Waals surface area contributed by atoms with Gasteiger partial charge in [-0.1, -0.05) is 13.8 Å². The number of rotatable bonds is 5. The van der Waals surface area contributed by atoms with Gasteiger partial charge < -0.3 is 10.2 Å². The highest BCUT2D eigenvalue weighted by molar-refractivity contribution is 9.10. The zero-order valence-electron chi connectivity index (χ0n) is 10.3. The van der Waals surface area contributed by atoms with E-state index in [0.717, 1.165) is 29.0 Å². The number of nitrogens with zero attached hydrogens (tertiary/aromatic N) is 3. The molecule has 1 aromatic heterocycles. The molecule has 0 amide bonds. The van der Waals surface area contributed by atoms with Crippen LogP contribution in [0, 0.1) is 0 Å². The Labute approximate surface area is 106 Å². The van der Waals surface area contributed by atoms with Gasteiger partial charge in [-0.25, -0.2) is 9.97 Å². The van der Waals surface area contributed by atoms with Crippen LogP contribution in [-0.2, 0) is 0 Å². The van der Waals surface area contributed by atoms with E-state index in [9.17, 15) is 0 Å². The van der Waals surface area contributed by atoms with Crippen molar-refractivity contribution in [1.29, 1.82) is 0 Å². The smallest absolute Gasteiger partial charge is 0.148 e. The third-order valence-corrected chi connectivity index (χ3v) is 3.56. The lowest BCUT2D eigenvalue weighted by molar-refractivity contribution is 0.585. The first-order valence-electron chi connectivity index (χ1n) is 5.56. The van der Waals surface area contributed by atoms with Crippen LogP contribution in [0.3, 0.4) is 0 Å². The summed E-state index contributed by atoms with van der Waals surface area (Å²) in [5.41, 5.74) is 0. The van der Waals surface area contributed by atoms with Gasteiger partial charge in [-0.15, -0.1) is 0 Å². The summed E-state index contributed by atoms with van der Waals surface area (Å²) in [5, 5.41) is 3.04. The third-order valence-electron chi connectivity index (χ3n) is 2.83. The van der Waals surface area contributed by atoms with Crippen molar-refractivity contribution in [2.75, 3.05) is 24.3 Å². The molecule has 0 saturated carbocycles. The van der Waals surface area contributed by atoms with E-state index in [1.54, 1.807) is 6.33 Å². The van der Waals surface area contributed by atoms with E-state index in [-0.39, 0.29) is 0 Å². The predicted octanol–water partition coefficient (Wildman–Crippen LogP) is 2.91. The SMILES string of the molecule is CCC(CC)N(C)c1ncnc(NC)c1Br. The molecule has 1 aromatic rings. The number of anilines is 2. The van der Waals surface area contributed by atoms with E-state index in [0.29, 0.717) is 6.04 Å². The second-order valence-electron chi connectivity index (χ2n) is 3.69. The van der Waals surface area contributed by atoms with Gasteiger partial charge in [0.2, 0.25) is 0 Å². The van der Waals surface area contributed by atoms with E-state index in [1.807, 2.05) is 7.05 Å². The van der Waals surface area contributed by atoms with Gasteiger partial charge in [0.1, 0.15) is 22.4 Å². The highest BCUT2D eigenvalue weighted by atomic mass is 79.9. The van der Waals surface area contributed by atoms with E-state index in [4.69, 9.17) is 0 Å². The fraction of sp³-hybridized carbons (Fsp3) is 0.636. The van der Waals surface area contributed by atoms with Crippen LogP contribution in [0.25, 0.3) is 0 Å². The first kappa shape index (κ1) is 13.2. The van der Waals surface area contributed by atoms with Crippen LogP contribution in [0.4, 0.5) is 11.6 Å². The van der Waals surface area contributed by atoms with Gasteiger partial charge in [-0.05, 0) is 28.8 Å². The molecule has 0 aliphatic rings. The molecule has 1 N–H and O–H groups in total. The molecule has 0 aromatic carbocycles. The Morgan fingerprint density at radius 1 is 1.38 bits per heavy atom. The summed E-state index contributed by atoms with van der Waals surface area (Å²) < 4.78 is 0.923. The van der Waals surface area contributed by atoms with Crippen LogP contribution in [0.5, 0.6) is 0 Å². The van der Waals surface area contributed by atoms with Gasteiger partial charge >= 0.3 is 0 Å². The molecule has 5 heteroatoms. The molecule has 0 fully saturated rings. The summed E-state index contributed by atoms with van der Waals surface area (Å²) in [5.74, 6) is 1.76. The summed E-state index contributed by atoms with van der Waals surface area (Å²) in [7, 11) is 3.93. The quantitative estimate of drug-likeness (QED) is 0.904. The summed E-state index contributed by atoms with van der Waals surface area (Å²) in [6.07, 6.45) is 3.81. The van der Waals surface area contributed by atoms with Crippen molar-refractivity contribution in [2.45, 2.75) is 32.7 Å². The minimum absolute atomic E-state index is 0.510. The summed E-state index contributed by atoms with van der Waals surface area (Å²) >= 11 is 3.54. The molecule has 0 bridgehead atoms. The zero-order valence-corrected chi connectivity index (χ0v) is 11.9. The highest BCUT2D eigenvalue weighted by Gasteiger charge is 2.17. The molecule has 1 rings (SSSR count). The predicted molar refractivity (Wildman–Crippen MR) is 72.1 cm³/mol. The van der Waals surface area contributed by atoms with Crippen molar-refractivity contribution >= 4 is 27.6 Å². The first-order chi connectivity index (χ1) is 7.65. The van der Waals surface area contributed by atoms with Crippen molar-refractivity contribution in [2.24, 2.45) is 0 Å². The number of halogens is 1. The fourth-order valence-corrected chi connectivity index (χ4v) is 2.47. The van der Waals surface area contributed by atoms with Crippen molar-refractivity contribution in [3.8, 4) is 0 Å². The zero-order chi connectivity index (χ0) is 12.1. The highest BCUT2D eigenvalue weighted by Crippen LogP contribution is 2.30. The first-order valence-corrected chi connectivity index (χ1v) is 6.36. The van der Waals surface area contributed by atoms with Crippen LogP contribution in [0.1, 0.15) is 26.7 Å². The van der Waals surface area contributed by atoms with Gasteiger partial charge in [-0.3, -0.25) is 0 Å². The Hall–Kier alpha value is -0.840. The monoisotopic (exact) mass is 286 g/mol. The Kier molecular flexibility index (Phi) is 4.99. The summed E-state index contributed by atoms with van der Waals surface area (Å²) in [4.78, 5) is 10.7. The average molecular weight is 287 g/mol. The molecular weight excluding hydrogens is 268 g/mol. The minimum Gasteiger partial charge on any atom is -0.372 e. The maximum Gasteiger partial charge on any atom is 0.148 e. The topological polar surface area (TPSA) is 41.1 Å². The molecular formula is C11H19BrN4. The van der Waals surface area contributed by atoms with Crippen LogP contribution < -0.4 is 10.2 Å². The molecule has 0 spiro atoms. The Morgan fingerprint density at radius 3 is 2.50 bits per heavy atom. The van der Waals surface area contributed by atoms with Crippen LogP contribution in [0.2, 0.25) is 0 Å². The molecule has 0 atom stereocenters. The summed E-state index contributed by atoms with van der Waals surface area (Å²) in [6.45, 7) is 4.39. The lowest BCUT2D eigenvalue weighted by Gasteiger charge is -2.28. The average Bonchev–Trinajstić information content (AvgIpc) is 2.30. The van der Waals surface area contributed by atoms with Crippen molar-refractivity contribution < 1.29 is 0 Å². The largest absolute Gasteiger partial charge is 0.372 e. The molecule has 90 valence electrons. The number of aromatic nitrogens is 2. The standard InChI is InChI=1S/C11H19BrN4/c1-5-8(6-2)16(4)11-9(12)10(13-3)14-7-15-11/h7-8H,5-6H2,1-4H3,(H,13,14,15). The van der Waals surface area contributed by atoms with E-state index in [1.165, 1.54) is 0 Å². The van der Waals surface area contributed by atoms with Crippen LogP contribution in [-0.4, -0.2) is 30.1 Å². The van der Waals surface area contributed by atoms with Gasteiger partial charge in [0.05, 0.1) is 0 Å². The maximum atomic E-state index is 4.33. The number of hydrogen-bond acceptors (Lipinski definition) is 4. The van der Waals surface area contributed by atoms with Gasteiger partial charge in [0, 0.05) is 20.1 Å². The minimum atomic E-state index is 0.510. The van der Waals surface area contributed by atoms with Crippen LogP contribution in [0.15, 0.2) is 10.8 Å². The normalized spacial score (nSPS) is 10.6. The third kappa shape index (κ3) is 2.64. The van der Waals surface area contributed by atoms with Crippen LogP contribution >= 0.6 is 15.9 Å². The maximum absolute atomic E-state index is 4.33. The van der Waals surface area contributed by atoms with Gasteiger partial charge in [0.25, 0.3) is 0 Å². The Bertz CT molecular complexity index is 339. The molecule has 0 unspecified atom stereocenters. The summed E-state index contributed by atoms with van der Waals surface area (Å²) in [6, 6.07) is 0.510. The van der Waals surface area contributed by atoms with E-state index >= 15 is 0 Å². The van der Waals surface area contributed by atoms with Crippen molar-refractivity contribution in [3.63, 3.8) is 0 Å². The lowest BCUT2D eigenvalue weighted by Crippen LogP contribution is -2.31. The molecule has 0 saturated heterocycles. The van der Waals surface area contributed by atoms with Gasteiger partial charge in [0.15, 0.2) is 0 Å². The van der Waals surface area contributed by atoms with Crippen molar-refractivity contribution in [1.82, 2.24) is 9.97 Å². The van der Waals surface area contributed by atoms with E-state index in [2.05, 4.69) is 57.0 Å². The molecule has 0 radical (unpaired) electrons. The van der Waals surface area contributed by atoms with E-state index < -0.39 is 0 Å². The molecule has 0 aliphatic heterocycles. The Morgan fingerprint density at radius 2 is 2.00 bits per heavy atom. The molecule has 16 heavy (non-hydrogen) atoms. The molecule has 4 nitrogen and oxygen atoms in total. The fourth-order valence-electron chi connectivity index (χ4n) is 1.79. The second kappa shape index (κ2) is 6.03. The lowest BCUT2D eigenvalue weighted by atomic mass is 10.1. The number of nitrogens with one attached hydrogen (secondary N) is 1. The van der Waals surface area contributed by atoms with Crippen molar-refractivity contribution in [3.05, 3.63) is 10.8 Å². The number of hydrogen-bond donors (Lipinski definition) is 1. The Balaban J connectivity index is 3.03. The molecule has 0 aliphatic carbocycles. The molecule has 1 heterocycles. The second-order valence-corrected chi connectivity index (χ2v) is 4.48.